The third-order valence-electron chi connectivity index (χ3n) is 10.6. The summed E-state index contributed by atoms with van der Waals surface area (Å²) in [5.41, 5.74) is 11.4. The van der Waals surface area contributed by atoms with Crippen molar-refractivity contribution in [2.24, 2.45) is 0 Å². The van der Waals surface area contributed by atoms with Crippen molar-refractivity contribution < 1.29 is 4.74 Å². The normalized spacial score (nSPS) is 13.4. The van der Waals surface area contributed by atoms with Crippen molar-refractivity contribution in [2.75, 3.05) is 0 Å². The fourth-order valence-corrected chi connectivity index (χ4v) is 9.56. The Balaban J connectivity index is 1.17. The standard InChI is InChI=1S/C47H28N2OS/c1-2-13-29(14-3-1)46-48-40(30-25-26-34-33-17-6-11-24-43(33)51-44(34)27-30)28-41(49-46)35-18-12-22-39-45(35)50-42-23-10-9-21-38(42)47(39)36-19-7-4-15-31(36)32-16-5-8-20-37(32)47/h1-28H. The van der Waals surface area contributed by atoms with Crippen LogP contribution in [0, 0.1) is 0 Å². The van der Waals surface area contributed by atoms with Crippen LogP contribution >= 0.6 is 11.3 Å². The Morgan fingerprint density at radius 1 is 0.431 bits per heavy atom. The second-order valence-electron chi connectivity index (χ2n) is 13.3. The van der Waals surface area contributed by atoms with Crippen LogP contribution < -0.4 is 4.74 Å². The molecule has 0 amide bonds. The lowest BCUT2D eigenvalue weighted by Crippen LogP contribution is -2.32. The number of thiophene rings is 1. The van der Waals surface area contributed by atoms with Crippen LogP contribution in [-0.2, 0) is 5.41 Å². The number of aromatic nitrogens is 2. The molecule has 51 heavy (non-hydrogen) atoms. The van der Waals surface area contributed by atoms with Gasteiger partial charge in [-0.3, -0.25) is 0 Å². The molecule has 1 aliphatic carbocycles. The van der Waals surface area contributed by atoms with Gasteiger partial charge in [-0.25, -0.2) is 9.97 Å². The number of hydrogen-bond donors (Lipinski definition) is 0. The largest absolute Gasteiger partial charge is 0.456 e. The van der Waals surface area contributed by atoms with E-state index in [0.717, 1.165) is 50.7 Å². The van der Waals surface area contributed by atoms with Gasteiger partial charge in [0.25, 0.3) is 0 Å². The number of nitrogens with zero attached hydrogens (tertiary/aromatic N) is 2. The molecule has 9 aromatic rings. The quantitative estimate of drug-likeness (QED) is 0.188. The van der Waals surface area contributed by atoms with Crippen LogP contribution in [-0.4, -0.2) is 9.97 Å². The highest BCUT2D eigenvalue weighted by Crippen LogP contribution is 2.63. The van der Waals surface area contributed by atoms with E-state index in [1.54, 1.807) is 0 Å². The Kier molecular flexibility index (Phi) is 6.04. The van der Waals surface area contributed by atoms with E-state index in [1.807, 2.05) is 29.5 Å². The smallest absolute Gasteiger partial charge is 0.160 e. The Morgan fingerprint density at radius 2 is 1.06 bits per heavy atom. The maximum absolute atomic E-state index is 7.00. The number of ether oxygens (including phenoxy) is 1. The lowest BCUT2D eigenvalue weighted by Gasteiger charge is -2.40. The van der Waals surface area contributed by atoms with Crippen LogP contribution in [0.5, 0.6) is 11.5 Å². The van der Waals surface area contributed by atoms with Crippen molar-refractivity contribution in [3.63, 3.8) is 0 Å². The van der Waals surface area contributed by atoms with Gasteiger partial charge in [0.05, 0.1) is 16.8 Å². The first-order valence-electron chi connectivity index (χ1n) is 17.2. The third-order valence-corrected chi connectivity index (χ3v) is 11.7. The molecule has 0 unspecified atom stereocenters. The summed E-state index contributed by atoms with van der Waals surface area (Å²) in [4.78, 5) is 10.5. The molecule has 3 nitrogen and oxygen atoms in total. The average molecular weight is 669 g/mol. The predicted octanol–water partition coefficient (Wildman–Crippen LogP) is 12.3. The number of hydrogen-bond acceptors (Lipinski definition) is 4. The van der Waals surface area contributed by atoms with Gasteiger partial charge in [-0.2, -0.15) is 0 Å². The summed E-state index contributed by atoms with van der Waals surface area (Å²) in [7, 11) is 0. The zero-order valence-electron chi connectivity index (χ0n) is 27.4. The molecule has 0 saturated carbocycles. The summed E-state index contributed by atoms with van der Waals surface area (Å²) in [6.45, 7) is 0. The van der Waals surface area contributed by atoms with Gasteiger partial charge in [0.1, 0.15) is 11.5 Å². The highest BCUT2D eigenvalue weighted by molar-refractivity contribution is 7.25. The molecule has 2 aromatic heterocycles. The summed E-state index contributed by atoms with van der Waals surface area (Å²) < 4.78 is 9.53. The van der Waals surface area contributed by atoms with Crippen LogP contribution in [0.1, 0.15) is 22.3 Å². The molecule has 2 aliphatic rings. The van der Waals surface area contributed by atoms with E-state index in [1.165, 1.54) is 42.4 Å². The Labute approximate surface area is 299 Å². The van der Waals surface area contributed by atoms with Gasteiger partial charge < -0.3 is 4.74 Å². The van der Waals surface area contributed by atoms with Crippen molar-refractivity contribution in [1.82, 2.24) is 9.97 Å². The molecule has 0 atom stereocenters. The minimum Gasteiger partial charge on any atom is -0.456 e. The van der Waals surface area contributed by atoms with Crippen LogP contribution in [0.3, 0.4) is 0 Å². The minimum absolute atomic E-state index is 0.544. The second-order valence-corrected chi connectivity index (χ2v) is 14.3. The fourth-order valence-electron chi connectivity index (χ4n) is 8.41. The monoisotopic (exact) mass is 668 g/mol. The molecule has 3 heterocycles. The van der Waals surface area contributed by atoms with Crippen molar-refractivity contribution in [1.29, 1.82) is 0 Å². The van der Waals surface area contributed by atoms with Gasteiger partial charge in [0, 0.05) is 48.0 Å². The van der Waals surface area contributed by atoms with Crippen LogP contribution in [0.2, 0.25) is 0 Å². The Bertz CT molecular complexity index is 2810. The van der Waals surface area contributed by atoms with Crippen molar-refractivity contribution >= 4 is 31.5 Å². The number of rotatable bonds is 3. The minimum atomic E-state index is -0.544. The predicted molar refractivity (Wildman–Crippen MR) is 209 cm³/mol. The van der Waals surface area contributed by atoms with Gasteiger partial charge in [-0.15, -0.1) is 11.3 Å². The summed E-state index contributed by atoms with van der Waals surface area (Å²) in [5.74, 6) is 2.36. The van der Waals surface area contributed by atoms with E-state index in [0.29, 0.717) is 5.82 Å². The highest BCUT2D eigenvalue weighted by atomic mass is 32.1. The van der Waals surface area contributed by atoms with Crippen molar-refractivity contribution in [2.45, 2.75) is 5.41 Å². The van der Waals surface area contributed by atoms with E-state index < -0.39 is 5.41 Å². The molecule has 0 N–H and O–H groups in total. The zero-order chi connectivity index (χ0) is 33.5. The van der Waals surface area contributed by atoms with E-state index in [2.05, 4.69) is 152 Å². The van der Waals surface area contributed by atoms with Crippen LogP contribution in [0.25, 0.3) is 65.2 Å². The Hall–Kier alpha value is -6.36. The number of fused-ring (bicyclic) bond motifs is 12. The molecular formula is C47H28N2OS. The van der Waals surface area contributed by atoms with Crippen LogP contribution in [0.15, 0.2) is 170 Å². The topological polar surface area (TPSA) is 35.0 Å². The lowest BCUT2D eigenvalue weighted by atomic mass is 9.65. The molecule has 0 radical (unpaired) electrons. The molecule has 7 aromatic carbocycles. The van der Waals surface area contributed by atoms with Crippen molar-refractivity contribution in [3.8, 4) is 56.5 Å². The van der Waals surface area contributed by atoms with Gasteiger partial charge in [0.2, 0.25) is 0 Å². The third kappa shape index (κ3) is 4.05. The average Bonchev–Trinajstić information content (AvgIpc) is 3.72. The summed E-state index contributed by atoms with van der Waals surface area (Å²) >= 11 is 1.82. The van der Waals surface area contributed by atoms with Gasteiger partial charge >= 0.3 is 0 Å². The number of para-hydroxylation sites is 2. The molecule has 11 rings (SSSR count). The van der Waals surface area contributed by atoms with E-state index in [9.17, 15) is 0 Å². The van der Waals surface area contributed by atoms with Gasteiger partial charge in [0.15, 0.2) is 5.82 Å². The molecule has 0 bridgehead atoms. The molecule has 4 heteroatoms. The molecular weight excluding hydrogens is 641 g/mol. The molecule has 238 valence electrons. The van der Waals surface area contributed by atoms with Crippen molar-refractivity contribution in [3.05, 3.63) is 192 Å². The SMILES string of the molecule is c1ccc(-c2nc(-c3ccc4c(c3)sc3ccccc34)cc(-c3cccc4c3Oc3ccccc3C43c4ccccc4-c4ccccc43)n2)cc1. The highest BCUT2D eigenvalue weighted by Gasteiger charge is 2.51. The molecule has 1 spiro atoms. The van der Waals surface area contributed by atoms with E-state index >= 15 is 0 Å². The number of benzene rings is 7. The molecule has 0 fully saturated rings. The van der Waals surface area contributed by atoms with E-state index in [4.69, 9.17) is 14.7 Å². The lowest BCUT2D eigenvalue weighted by molar-refractivity contribution is 0.438. The zero-order valence-corrected chi connectivity index (χ0v) is 28.2. The summed E-state index contributed by atoms with van der Waals surface area (Å²) in [6, 6.07) is 60.4. The Morgan fingerprint density at radius 3 is 1.88 bits per heavy atom. The van der Waals surface area contributed by atoms with Gasteiger partial charge in [-0.05, 0) is 52.6 Å². The van der Waals surface area contributed by atoms with Gasteiger partial charge in [-0.1, -0.05) is 140 Å². The fraction of sp³-hybridized carbons (Fsp3) is 0.0213. The summed E-state index contributed by atoms with van der Waals surface area (Å²) in [6.07, 6.45) is 0. The molecule has 1 aliphatic heterocycles. The van der Waals surface area contributed by atoms with E-state index in [-0.39, 0.29) is 0 Å². The first kappa shape index (κ1) is 28.5. The van der Waals surface area contributed by atoms with Crippen LogP contribution in [0.4, 0.5) is 0 Å². The summed E-state index contributed by atoms with van der Waals surface area (Å²) in [5, 5.41) is 2.55. The first-order chi connectivity index (χ1) is 25.3. The second kappa shape index (κ2) is 10.8. The molecule has 0 saturated heterocycles. The maximum atomic E-state index is 7.00. The first-order valence-corrected chi connectivity index (χ1v) is 18.1. The maximum Gasteiger partial charge on any atom is 0.160 e.